The molecule has 0 aliphatic carbocycles. The molecule has 3 aromatic rings. The number of aryl methyl sites for hydroxylation is 3. The molecule has 5 heteroatoms. The van der Waals surface area contributed by atoms with E-state index in [-0.39, 0.29) is 5.56 Å². The Morgan fingerprint density at radius 3 is 3.05 bits per heavy atom. The molecular weight excluding hydrogens is 282 g/mol. The van der Waals surface area contributed by atoms with Crippen LogP contribution in [0.3, 0.4) is 0 Å². The molecule has 0 aliphatic heterocycles. The number of nitrogens with zero attached hydrogens (tertiary/aromatic N) is 2. The lowest BCUT2D eigenvalue weighted by atomic mass is 10.1. The van der Waals surface area contributed by atoms with Gasteiger partial charge >= 0.3 is 0 Å². The van der Waals surface area contributed by atoms with Gasteiger partial charge in [-0.2, -0.15) is 0 Å². The molecule has 1 aromatic carbocycles. The minimum absolute atomic E-state index is 0.0608. The number of aromatic nitrogens is 2. The number of hydrogen-bond donors (Lipinski definition) is 1. The maximum absolute atomic E-state index is 12.4. The van der Waals surface area contributed by atoms with Crippen LogP contribution < -0.4 is 11.3 Å². The van der Waals surface area contributed by atoms with E-state index in [0.29, 0.717) is 6.54 Å². The van der Waals surface area contributed by atoms with Gasteiger partial charge in [-0.25, -0.2) is 4.98 Å². The molecule has 0 radical (unpaired) electrons. The molecule has 0 amide bonds. The van der Waals surface area contributed by atoms with Crippen molar-refractivity contribution in [2.75, 3.05) is 5.73 Å². The Hall–Kier alpha value is -2.14. The van der Waals surface area contributed by atoms with Crippen LogP contribution in [0, 0.1) is 6.92 Å². The number of nitrogen functional groups attached to an aromatic ring is 1. The first-order valence-corrected chi connectivity index (χ1v) is 7.81. The fourth-order valence-corrected chi connectivity index (χ4v) is 3.37. The molecule has 2 aromatic heterocycles. The van der Waals surface area contributed by atoms with Gasteiger partial charge in [-0.05, 0) is 48.4 Å². The van der Waals surface area contributed by atoms with E-state index in [1.54, 1.807) is 10.9 Å². The standard InChI is InChI=1S/C16H17N3OS/c1-11-9-21-15-14(11)18-10-19(16(15)20)7-3-5-12-4-2-6-13(17)8-12/h2,4,6,8-10H,3,5,7,17H2,1H3. The van der Waals surface area contributed by atoms with Crippen LogP contribution >= 0.6 is 11.3 Å². The largest absolute Gasteiger partial charge is 0.399 e. The number of anilines is 1. The molecule has 21 heavy (non-hydrogen) atoms. The van der Waals surface area contributed by atoms with Crippen LogP contribution in [-0.4, -0.2) is 9.55 Å². The summed E-state index contributed by atoms with van der Waals surface area (Å²) in [5.41, 5.74) is 9.70. The Labute approximate surface area is 126 Å². The number of nitrogens with two attached hydrogens (primary N) is 1. The van der Waals surface area contributed by atoms with Crippen molar-refractivity contribution < 1.29 is 0 Å². The normalized spacial score (nSPS) is 11.1. The van der Waals surface area contributed by atoms with Crippen molar-refractivity contribution in [3.8, 4) is 0 Å². The van der Waals surface area contributed by atoms with Gasteiger partial charge in [0.05, 0.1) is 11.8 Å². The summed E-state index contributed by atoms with van der Waals surface area (Å²) in [5.74, 6) is 0. The van der Waals surface area contributed by atoms with Crippen LogP contribution in [0.1, 0.15) is 17.5 Å². The van der Waals surface area contributed by atoms with Crippen LogP contribution in [-0.2, 0) is 13.0 Å². The van der Waals surface area contributed by atoms with Crippen molar-refractivity contribution in [1.82, 2.24) is 9.55 Å². The topological polar surface area (TPSA) is 60.9 Å². The third-order valence-electron chi connectivity index (χ3n) is 3.54. The summed E-state index contributed by atoms with van der Waals surface area (Å²) in [6, 6.07) is 7.87. The molecule has 0 saturated heterocycles. The lowest BCUT2D eigenvalue weighted by molar-refractivity contribution is 0.618. The van der Waals surface area contributed by atoms with Crippen LogP contribution in [0.2, 0.25) is 0 Å². The average Bonchev–Trinajstić information content (AvgIpc) is 2.84. The van der Waals surface area contributed by atoms with Gasteiger partial charge in [-0.1, -0.05) is 12.1 Å². The lowest BCUT2D eigenvalue weighted by Crippen LogP contribution is -2.20. The second-order valence-corrected chi connectivity index (χ2v) is 6.07. The van der Waals surface area contributed by atoms with Crippen LogP contribution in [0.4, 0.5) is 5.69 Å². The molecule has 4 nitrogen and oxygen atoms in total. The van der Waals surface area contributed by atoms with E-state index in [2.05, 4.69) is 11.1 Å². The molecule has 0 saturated carbocycles. The van der Waals surface area contributed by atoms with Gasteiger partial charge in [0.15, 0.2) is 0 Å². The second-order valence-electron chi connectivity index (χ2n) is 5.19. The summed E-state index contributed by atoms with van der Waals surface area (Å²) in [6.07, 6.45) is 3.45. The van der Waals surface area contributed by atoms with Gasteiger partial charge in [-0.15, -0.1) is 11.3 Å². The highest BCUT2D eigenvalue weighted by Gasteiger charge is 2.08. The number of benzene rings is 1. The fraction of sp³-hybridized carbons (Fsp3) is 0.250. The lowest BCUT2D eigenvalue weighted by Gasteiger charge is -2.06. The Bertz CT molecular complexity index is 835. The van der Waals surface area contributed by atoms with E-state index in [1.807, 2.05) is 30.5 Å². The molecule has 0 bridgehead atoms. The van der Waals surface area contributed by atoms with Crippen molar-refractivity contribution in [3.63, 3.8) is 0 Å². The minimum Gasteiger partial charge on any atom is -0.399 e. The number of thiophene rings is 1. The SMILES string of the molecule is Cc1csc2c(=O)n(CCCc3cccc(N)c3)cnc12. The van der Waals surface area contributed by atoms with E-state index in [4.69, 9.17) is 5.73 Å². The Morgan fingerprint density at radius 2 is 2.24 bits per heavy atom. The zero-order valence-electron chi connectivity index (χ0n) is 11.9. The summed E-state index contributed by atoms with van der Waals surface area (Å²) in [7, 11) is 0. The smallest absolute Gasteiger partial charge is 0.271 e. The minimum atomic E-state index is 0.0608. The molecule has 0 atom stereocenters. The maximum Gasteiger partial charge on any atom is 0.271 e. The van der Waals surface area contributed by atoms with Gasteiger partial charge in [0.25, 0.3) is 5.56 Å². The quantitative estimate of drug-likeness (QED) is 0.753. The molecule has 2 heterocycles. The zero-order valence-corrected chi connectivity index (χ0v) is 12.7. The van der Waals surface area contributed by atoms with Crippen molar-refractivity contribution in [2.45, 2.75) is 26.3 Å². The Morgan fingerprint density at radius 1 is 1.38 bits per heavy atom. The van der Waals surface area contributed by atoms with E-state index in [9.17, 15) is 4.79 Å². The third-order valence-corrected chi connectivity index (χ3v) is 4.61. The van der Waals surface area contributed by atoms with Gasteiger partial charge in [0.2, 0.25) is 0 Å². The third kappa shape index (κ3) is 2.83. The van der Waals surface area contributed by atoms with Gasteiger partial charge in [0, 0.05) is 12.2 Å². The van der Waals surface area contributed by atoms with Crippen molar-refractivity contribution in [2.24, 2.45) is 0 Å². The number of fused-ring (bicyclic) bond motifs is 1. The summed E-state index contributed by atoms with van der Waals surface area (Å²) >= 11 is 1.47. The molecule has 0 unspecified atom stereocenters. The van der Waals surface area contributed by atoms with Crippen LogP contribution in [0.15, 0.2) is 40.8 Å². The summed E-state index contributed by atoms with van der Waals surface area (Å²) in [5, 5.41) is 1.98. The molecular formula is C16H17N3OS. The predicted molar refractivity (Wildman–Crippen MR) is 87.8 cm³/mol. The first-order valence-electron chi connectivity index (χ1n) is 6.93. The van der Waals surface area contributed by atoms with Gasteiger partial charge in [-0.3, -0.25) is 9.36 Å². The number of rotatable bonds is 4. The predicted octanol–water partition coefficient (Wildman–Crippen LogP) is 2.98. The van der Waals surface area contributed by atoms with Crippen molar-refractivity contribution >= 4 is 27.2 Å². The van der Waals surface area contributed by atoms with Gasteiger partial charge in [0.1, 0.15) is 4.70 Å². The molecule has 0 spiro atoms. The number of hydrogen-bond acceptors (Lipinski definition) is 4. The van der Waals surface area contributed by atoms with Crippen LogP contribution in [0.25, 0.3) is 10.2 Å². The van der Waals surface area contributed by atoms with Crippen molar-refractivity contribution in [3.05, 3.63) is 57.5 Å². The molecule has 0 aliphatic rings. The summed E-state index contributed by atoms with van der Waals surface area (Å²) in [4.78, 5) is 16.7. The first-order chi connectivity index (χ1) is 10.1. The summed E-state index contributed by atoms with van der Waals surface area (Å²) < 4.78 is 2.45. The van der Waals surface area contributed by atoms with E-state index in [1.165, 1.54) is 16.9 Å². The van der Waals surface area contributed by atoms with E-state index < -0.39 is 0 Å². The Kier molecular flexibility index (Phi) is 3.75. The molecule has 3 rings (SSSR count). The first kappa shape index (κ1) is 13.8. The maximum atomic E-state index is 12.4. The highest BCUT2D eigenvalue weighted by molar-refractivity contribution is 7.17. The summed E-state index contributed by atoms with van der Waals surface area (Å²) in [6.45, 7) is 2.66. The Balaban J connectivity index is 1.74. The molecule has 2 N–H and O–H groups in total. The highest BCUT2D eigenvalue weighted by Crippen LogP contribution is 2.19. The van der Waals surface area contributed by atoms with E-state index in [0.717, 1.165) is 34.3 Å². The molecule has 108 valence electrons. The van der Waals surface area contributed by atoms with Gasteiger partial charge < -0.3 is 5.73 Å². The highest BCUT2D eigenvalue weighted by atomic mass is 32.1. The molecule has 0 fully saturated rings. The average molecular weight is 299 g/mol. The van der Waals surface area contributed by atoms with Crippen LogP contribution in [0.5, 0.6) is 0 Å². The van der Waals surface area contributed by atoms with E-state index >= 15 is 0 Å². The second kappa shape index (κ2) is 5.69. The monoisotopic (exact) mass is 299 g/mol. The van der Waals surface area contributed by atoms with Crippen molar-refractivity contribution in [1.29, 1.82) is 0 Å². The zero-order chi connectivity index (χ0) is 14.8. The fourth-order valence-electron chi connectivity index (χ4n) is 2.42.